The summed E-state index contributed by atoms with van der Waals surface area (Å²) in [7, 11) is -1.53. The Labute approximate surface area is 166 Å². The van der Waals surface area contributed by atoms with Gasteiger partial charge < -0.3 is 17.0 Å². The van der Waals surface area contributed by atoms with Crippen LogP contribution in [0.2, 0.25) is 0 Å². The molecule has 0 aliphatic heterocycles. The Hall–Kier alpha value is -0.430. The van der Waals surface area contributed by atoms with Crippen LogP contribution in [0.1, 0.15) is 0 Å². The molecule has 107 valence electrons. The van der Waals surface area contributed by atoms with E-state index >= 15 is 0 Å². The Morgan fingerprint density at radius 2 is 0.727 bits per heavy atom. The van der Waals surface area contributed by atoms with Crippen LogP contribution in [-0.4, -0.2) is 36.2 Å². The normalized spacial score (nSPS) is 10.2. The van der Waals surface area contributed by atoms with Crippen LogP contribution in [0.3, 0.4) is 0 Å². The van der Waals surface area contributed by atoms with E-state index in [4.69, 9.17) is 0 Å². The molecule has 3 aromatic rings. The van der Waals surface area contributed by atoms with Crippen molar-refractivity contribution in [2.75, 3.05) is 6.66 Å². The molecule has 0 atom stereocenters. The molecule has 0 amide bonds. The molecule has 0 fully saturated rings. The summed E-state index contributed by atoms with van der Waals surface area (Å²) in [5.41, 5.74) is 0. The van der Waals surface area contributed by atoms with Gasteiger partial charge in [0.25, 0.3) is 0 Å². The van der Waals surface area contributed by atoms with Gasteiger partial charge in [0.15, 0.2) is 0 Å². The number of benzene rings is 3. The number of hydrogen-bond acceptors (Lipinski definition) is 0. The molecule has 0 unspecified atom stereocenters. The van der Waals surface area contributed by atoms with Gasteiger partial charge in [0.05, 0.1) is 6.66 Å². The molecule has 22 heavy (non-hydrogen) atoms. The van der Waals surface area contributed by atoms with Gasteiger partial charge in [-0.25, -0.2) is 0 Å². The third kappa shape index (κ3) is 3.91. The molecule has 1 radical (unpaired) electrons. The Balaban J connectivity index is 0.00000121. The third-order valence-electron chi connectivity index (χ3n) is 3.82. The van der Waals surface area contributed by atoms with Crippen molar-refractivity contribution in [3.05, 3.63) is 91.0 Å². The zero-order chi connectivity index (χ0) is 13.8. The molecular weight excluding hydrogens is 362 g/mol. The van der Waals surface area contributed by atoms with E-state index in [1.807, 2.05) is 0 Å². The summed E-state index contributed by atoms with van der Waals surface area (Å²) in [6.45, 7) is 2.41. The van der Waals surface area contributed by atoms with E-state index < -0.39 is 7.26 Å². The minimum atomic E-state index is -1.53. The minimum Gasteiger partial charge on any atom is -1.00 e. The van der Waals surface area contributed by atoms with E-state index in [1.54, 1.807) is 0 Å². The van der Waals surface area contributed by atoms with E-state index in [0.717, 1.165) is 0 Å². The minimum absolute atomic E-state index is 0. The van der Waals surface area contributed by atoms with Crippen LogP contribution >= 0.6 is 7.26 Å². The van der Waals surface area contributed by atoms with Crippen LogP contribution in [0, 0.1) is 0 Å². The summed E-state index contributed by atoms with van der Waals surface area (Å²) in [6, 6.07) is 32.6. The van der Waals surface area contributed by atoms with Gasteiger partial charge in [0.1, 0.15) is 23.2 Å². The van der Waals surface area contributed by atoms with E-state index in [1.165, 1.54) is 15.9 Å². The molecule has 0 bridgehead atoms. The smallest absolute Gasteiger partial charge is 0.109 e. The summed E-state index contributed by atoms with van der Waals surface area (Å²) >= 11 is 0. The number of halogens is 1. The molecule has 0 aliphatic rings. The van der Waals surface area contributed by atoms with Gasteiger partial charge >= 0.3 is 0 Å². The first-order valence-electron chi connectivity index (χ1n) is 6.85. The topological polar surface area (TPSA) is 0 Å². The average Bonchev–Trinajstić information content (AvgIpc) is 2.56. The predicted octanol–water partition coefficient (Wildman–Crippen LogP) is 0.233. The Bertz CT molecular complexity index is 575. The van der Waals surface area contributed by atoms with Crippen molar-refractivity contribution in [1.82, 2.24) is 0 Å². The van der Waals surface area contributed by atoms with Crippen LogP contribution in [0.5, 0.6) is 0 Å². The molecular formula is C19H18BrNaP. The van der Waals surface area contributed by atoms with Crippen LogP contribution in [-0.2, 0) is 0 Å². The first-order valence-corrected chi connectivity index (χ1v) is 9.09. The molecule has 3 heteroatoms. The Morgan fingerprint density at radius 3 is 0.955 bits per heavy atom. The van der Waals surface area contributed by atoms with E-state index in [9.17, 15) is 0 Å². The number of hydrogen-bond donors (Lipinski definition) is 0. The first-order chi connectivity index (χ1) is 9.82. The Morgan fingerprint density at radius 1 is 0.500 bits per heavy atom. The molecule has 3 aromatic carbocycles. The SMILES string of the molecule is C[P+](c1ccccc1)(c1ccccc1)c1ccccc1.[Br-].[Na]. The molecule has 0 spiro atoms. The maximum absolute atomic E-state index is 2.41. The zero-order valence-electron chi connectivity index (χ0n) is 13.0. The molecule has 0 N–H and O–H groups in total. The summed E-state index contributed by atoms with van der Waals surface area (Å²) in [6.07, 6.45) is 0. The van der Waals surface area contributed by atoms with Gasteiger partial charge in [-0.2, -0.15) is 0 Å². The summed E-state index contributed by atoms with van der Waals surface area (Å²) in [5, 5.41) is 4.28. The van der Waals surface area contributed by atoms with Crippen molar-refractivity contribution in [2.45, 2.75) is 0 Å². The van der Waals surface area contributed by atoms with E-state index in [-0.39, 0.29) is 46.5 Å². The zero-order valence-corrected chi connectivity index (χ0v) is 17.5. The monoisotopic (exact) mass is 379 g/mol. The Kier molecular flexibility index (Phi) is 8.03. The predicted molar refractivity (Wildman–Crippen MR) is 96.8 cm³/mol. The summed E-state index contributed by atoms with van der Waals surface area (Å²) in [5.74, 6) is 0. The van der Waals surface area contributed by atoms with E-state index in [0.29, 0.717) is 0 Å². The van der Waals surface area contributed by atoms with Crippen molar-refractivity contribution in [3.8, 4) is 0 Å². The van der Waals surface area contributed by atoms with Gasteiger partial charge in [0.2, 0.25) is 0 Å². The maximum Gasteiger partial charge on any atom is 0.109 e. The third-order valence-corrected chi connectivity index (χ3v) is 7.81. The largest absolute Gasteiger partial charge is 1.00 e. The second-order valence-corrected chi connectivity index (χ2v) is 8.57. The summed E-state index contributed by atoms with van der Waals surface area (Å²) in [4.78, 5) is 0. The van der Waals surface area contributed by atoms with Crippen LogP contribution in [0.4, 0.5) is 0 Å². The fourth-order valence-corrected chi connectivity index (χ4v) is 5.83. The van der Waals surface area contributed by atoms with Gasteiger partial charge in [-0.1, -0.05) is 54.6 Å². The van der Waals surface area contributed by atoms with Gasteiger partial charge in [-0.3, -0.25) is 0 Å². The van der Waals surface area contributed by atoms with Gasteiger partial charge in [-0.05, 0) is 36.4 Å². The second kappa shape index (κ2) is 9.01. The molecule has 0 heterocycles. The quantitative estimate of drug-likeness (QED) is 0.451. The van der Waals surface area contributed by atoms with Crippen molar-refractivity contribution in [2.24, 2.45) is 0 Å². The molecule has 0 saturated heterocycles. The van der Waals surface area contributed by atoms with Crippen LogP contribution in [0.15, 0.2) is 91.0 Å². The van der Waals surface area contributed by atoms with Gasteiger partial charge in [-0.15, -0.1) is 0 Å². The second-order valence-electron chi connectivity index (χ2n) is 5.01. The van der Waals surface area contributed by atoms with Crippen molar-refractivity contribution < 1.29 is 17.0 Å². The van der Waals surface area contributed by atoms with Crippen LogP contribution < -0.4 is 32.9 Å². The fourth-order valence-electron chi connectivity index (χ4n) is 2.63. The molecule has 0 aliphatic carbocycles. The molecule has 0 aromatic heterocycles. The van der Waals surface area contributed by atoms with Crippen molar-refractivity contribution in [1.29, 1.82) is 0 Å². The van der Waals surface area contributed by atoms with Crippen LogP contribution in [0.25, 0.3) is 0 Å². The van der Waals surface area contributed by atoms with Gasteiger partial charge in [0, 0.05) is 29.6 Å². The number of rotatable bonds is 3. The first kappa shape index (κ1) is 19.6. The van der Waals surface area contributed by atoms with Crippen molar-refractivity contribution in [3.63, 3.8) is 0 Å². The average molecular weight is 380 g/mol. The molecule has 0 saturated carbocycles. The van der Waals surface area contributed by atoms with E-state index in [2.05, 4.69) is 97.7 Å². The van der Waals surface area contributed by atoms with Crippen molar-refractivity contribution >= 4 is 52.7 Å². The standard InChI is InChI=1S/C19H18P.BrH.Na/c1-20(17-11-5-2-6-12-17,18-13-7-3-8-14-18)19-15-9-4-10-16-19;;/h2-16H,1H3;1H;/q+1;;/p-1. The summed E-state index contributed by atoms with van der Waals surface area (Å²) < 4.78 is 0. The maximum atomic E-state index is 2.41. The molecule has 0 nitrogen and oxygen atoms in total. The molecule has 3 rings (SSSR count). The fraction of sp³-hybridized carbons (Fsp3) is 0.0526.